The summed E-state index contributed by atoms with van der Waals surface area (Å²) in [5.41, 5.74) is 3.66. The molecule has 0 saturated carbocycles. The van der Waals surface area contributed by atoms with Gasteiger partial charge in [-0.05, 0) is 37.3 Å². The standard InChI is InChI=1S/C20H15ClN4O2S/c1-11-2-5-13(6-3-11)24-9-22-20-25(10-24)19(27)17(28-20)16-14-8-12(21)4-7-15(14)23-18(16)26/h2-8H,9-10H2,1H3,(H,23,26). The molecule has 2 aromatic carbocycles. The van der Waals surface area contributed by atoms with Gasteiger partial charge in [-0.15, -0.1) is 0 Å². The van der Waals surface area contributed by atoms with E-state index < -0.39 is 0 Å². The molecule has 28 heavy (non-hydrogen) atoms. The van der Waals surface area contributed by atoms with Crippen LogP contribution >= 0.6 is 22.9 Å². The molecule has 0 fully saturated rings. The number of aryl methyl sites for hydroxylation is 1. The average molecular weight is 411 g/mol. The molecule has 0 bridgehead atoms. The van der Waals surface area contributed by atoms with Gasteiger partial charge in [-0.2, -0.15) is 0 Å². The lowest BCUT2D eigenvalue weighted by Crippen LogP contribution is -2.43. The predicted molar refractivity (Wildman–Crippen MR) is 110 cm³/mol. The Kier molecular flexibility index (Phi) is 3.89. The minimum Gasteiger partial charge on any atom is -0.334 e. The highest BCUT2D eigenvalue weighted by molar-refractivity contribution is 7.07. The number of halogens is 1. The molecule has 0 spiro atoms. The van der Waals surface area contributed by atoms with Gasteiger partial charge in [-0.1, -0.05) is 40.6 Å². The number of hydrogen-bond acceptors (Lipinski definition) is 5. The smallest absolute Gasteiger partial charge is 0.272 e. The molecule has 1 amide bonds. The van der Waals surface area contributed by atoms with E-state index in [1.807, 2.05) is 36.1 Å². The van der Waals surface area contributed by atoms with Crippen LogP contribution in [0.5, 0.6) is 0 Å². The third kappa shape index (κ3) is 2.66. The van der Waals surface area contributed by atoms with Gasteiger partial charge < -0.3 is 10.2 Å². The van der Waals surface area contributed by atoms with E-state index in [-0.39, 0.29) is 11.5 Å². The average Bonchev–Trinajstić information content (AvgIpc) is 3.17. The zero-order chi connectivity index (χ0) is 19.4. The predicted octanol–water partition coefficient (Wildman–Crippen LogP) is 2.08. The largest absolute Gasteiger partial charge is 0.334 e. The second-order valence-corrected chi connectivity index (χ2v) is 8.20. The number of anilines is 2. The first-order valence-corrected chi connectivity index (χ1v) is 9.92. The van der Waals surface area contributed by atoms with Crippen LogP contribution < -0.4 is 25.1 Å². The van der Waals surface area contributed by atoms with Crippen molar-refractivity contribution in [3.8, 4) is 0 Å². The summed E-state index contributed by atoms with van der Waals surface area (Å²) in [6.45, 7) is 2.90. The molecule has 3 heterocycles. The summed E-state index contributed by atoms with van der Waals surface area (Å²) in [4.78, 5) is 32.9. The number of aromatic nitrogens is 1. The van der Waals surface area contributed by atoms with Crippen LogP contribution in [0.3, 0.4) is 0 Å². The van der Waals surface area contributed by atoms with Crippen molar-refractivity contribution in [1.82, 2.24) is 4.57 Å². The third-order valence-electron chi connectivity index (χ3n) is 4.90. The summed E-state index contributed by atoms with van der Waals surface area (Å²) in [6, 6.07) is 13.3. The van der Waals surface area contributed by atoms with Crippen molar-refractivity contribution in [2.24, 2.45) is 4.99 Å². The van der Waals surface area contributed by atoms with Crippen LogP contribution in [0.25, 0.3) is 5.57 Å². The minimum atomic E-state index is -0.288. The van der Waals surface area contributed by atoms with Gasteiger partial charge in [-0.25, -0.2) is 4.99 Å². The number of nitrogens with zero attached hydrogens (tertiary/aromatic N) is 3. The highest BCUT2D eigenvalue weighted by Gasteiger charge is 2.28. The van der Waals surface area contributed by atoms with E-state index in [0.717, 1.165) is 5.69 Å². The Morgan fingerprint density at radius 1 is 1.14 bits per heavy atom. The van der Waals surface area contributed by atoms with Gasteiger partial charge in [0.25, 0.3) is 11.5 Å². The molecule has 6 nitrogen and oxygen atoms in total. The molecule has 0 unspecified atom stereocenters. The minimum absolute atomic E-state index is 0.210. The molecular formula is C20H15ClN4O2S. The zero-order valence-corrected chi connectivity index (χ0v) is 16.5. The van der Waals surface area contributed by atoms with Crippen molar-refractivity contribution >= 4 is 45.8 Å². The third-order valence-corrected chi connectivity index (χ3v) is 6.25. The molecule has 0 aliphatic carbocycles. The molecule has 0 atom stereocenters. The van der Waals surface area contributed by atoms with Crippen molar-refractivity contribution in [1.29, 1.82) is 0 Å². The Morgan fingerprint density at radius 3 is 2.71 bits per heavy atom. The Hall–Kier alpha value is -2.90. The van der Waals surface area contributed by atoms with Crippen LogP contribution in [0.4, 0.5) is 11.4 Å². The Labute approximate surface area is 169 Å². The number of benzene rings is 2. The van der Waals surface area contributed by atoms with E-state index in [2.05, 4.69) is 10.3 Å². The van der Waals surface area contributed by atoms with Crippen molar-refractivity contribution < 1.29 is 4.79 Å². The van der Waals surface area contributed by atoms with Crippen molar-refractivity contribution in [3.05, 3.63) is 78.3 Å². The lowest BCUT2D eigenvalue weighted by Gasteiger charge is -2.25. The summed E-state index contributed by atoms with van der Waals surface area (Å²) in [7, 11) is 0. The number of rotatable bonds is 1. The molecule has 2 aliphatic heterocycles. The fourth-order valence-corrected chi connectivity index (χ4v) is 4.67. The number of fused-ring (bicyclic) bond motifs is 2. The number of carbonyl (C=O) groups is 1. The van der Waals surface area contributed by atoms with Crippen LogP contribution in [0.1, 0.15) is 11.1 Å². The molecule has 0 saturated heterocycles. The molecule has 1 aromatic heterocycles. The maximum atomic E-state index is 13.1. The van der Waals surface area contributed by atoms with Crippen LogP contribution in [0, 0.1) is 6.92 Å². The van der Waals surface area contributed by atoms with Crippen LogP contribution in [0.15, 0.2) is 52.3 Å². The summed E-state index contributed by atoms with van der Waals surface area (Å²) in [5, 5.41) is 3.32. The second-order valence-electron chi connectivity index (χ2n) is 6.78. The van der Waals surface area contributed by atoms with E-state index >= 15 is 0 Å². The first-order valence-electron chi connectivity index (χ1n) is 8.72. The van der Waals surface area contributed by atoms with Gasteiger partial charge in [0.15, 0.2) is 4.80 Å². The van der Waals surface area contributed by atoms with E-state index in [4.69, 9.17) is 11.6 Å². The Balaban J connectivity index is 1.65. The SMILES string of the molecule is Cc1ccc(N2CN=c3sc(=C4C(=O)Nc5ccc(Cl)cc54)c(=O)n3C2)cc1. The number of hydrogen-bond donors (Lipinski definition) is 1. The molecule has 5 rings (SSSR count). The van der Waals surface area contributed by atoms with Crippen LogP contribution in [-0.4, -0.2) is 17.1 Å². The van der Waals surface area contributed by atoms with Crippen molar-refractivity contribution in [3.63, 3.8) is 0 Å². The fraction of sp³-hybridized carbons (Fsp3) is 0.150. The Morgan fingerprint density at radius 2 is 1.93 bits per heavy atom. The summed E-state index contributed by atoms with van der Waals surface area (Å²) in [6.07, 6.45) is 0. The van der Waals surface area contributed by atoms with Gasteiger partial charge in [0, 0.05) is 22.0 Å². The summed E-state index contributed by atoms with van der Waals surface area (Å²) >= 11 is 7.35. The first kappa shape index (κ1) is 17.2. The fourth-order valence-electron chi connectivity index (χ4n) is 3.44. The number of amides is 1. The van der Waals surface area contributed by atoms with E-state index in [0.29, 0.717) is 44.5 Å². The van der Waals surface area contributed by atoms with Crippen LogP contribution in [-0.2, 0) is 11.5 Å². The normalized spacial score (nSPS) is 17.1. The summed E-state index contributed by atoms with van der Waals surface area (Å²) in [5.74, 6) is -0.288. The molecule has 3 aromatic rings. The lowest BCUT2D eigenvalue weighted by atomic mass is 10.1. The van der Waals surface area contributed by atoms with Gasteiger partial charge in [-0.3, -0.25) is 14.2 Å². The van der Waals surface area contributed by atoms with Gasteiger partial charge in [0.1, 0.15) is 17.9 Å². The highest BCUT2D eigenvalue weighted by atomic mass is 35.5. The maximum absolute atomic E-state index is 13.1. The quantitative estimate of drug-likeness (QED) is 0.668. The number of carbonyl (C=O) groups excluding carboxylic acids is 1. The Bertz CT molecular complexity index is 1310. The molecule has 2 aliphatic rings. The lowest BCUT2D eigenvalue weighted by molar-refractivity contribution is -0.110. The van der Waals surface area contributed by atoms with E-state index in [1.54, 1.807) is 22.8 Å². The molecule has 140 valence electrons. The van der Waals surface area contributed by atoms with Gasteiger partial charge in [0.05, 0.1) is 5.57 Å². The topological polar surface area (TPSA) is 66.7 Å². The first-order chi connectivity index (χ1) is 13.5. The molecule has 8 heteroatoms. The molecule has 0 radical (unpaired) electrons. The zero-order valence-electron chi connectivity index (χ0n) is 14.9. The van der Waals surface area contributed by atoms with Gasteiger partial charge >= 0.3 is 0 Å². The number of thiazole rings is 1. The summed E-state index contributed by atoms with van der Waals surface area (Å²) < 4.78 is 2.01. The van der Waals surface area contributed by atoms with Gasteiger partial charge in [0.2, 0.25) is 0 Å². The van der Waals surface area contributed by atoms with Crippen LogP contribution in [0.2, 0.25) is 5.02 Å². The van der Waals surface area contributed by atoms with E-state index in [9.17, 15) is 9.59 Å². The van der Waals surface area contributed by atoms with Crippen molar-refractivity contribution in [2.45, 2.75) is 13.6 Å². The maximum Gasteiger partial charge on any atom is 0.272 e. The molecular weight excluding hydrogens is 396 g/mol. The van der Waals surface area contributed by atoms with Crippen molar-refractivity contribution in [2.75, 3.05) is 16.9 Å². The monoisotopic (exact) mass is 410 g/mol. The second kappa shape index (κ2) is 6.32. The van der Waals surface area contributed by atoms with E-state index in [1.165, 1.54) is 16.9 Å². The number of nitrogens with one attached hydrogen (secondary N) is 1. The molecule has 1 N–H and O–H groups in total. The highest BCUT2D eigenvalue weighted by Crippen LogP contribution is 2.32.